The Kier molecular flexibility index (Phi) is 6.10. The summed E-state index contributed by atoms with van der Waals surface area (Å²) < 4.78 is 6.11. The first kappa shape index (κ1) is 21.1. The Morgan fingerprint density at radius 1 is 1.10 bits per heavy atom. The van der Waals surface area contributed by atoms with Crippen LogP contribution in [0.1, 0.15) is 48.3 Å². The van der Waals surface area contributed by atoms with E-state index in [9.17, 15) is 4.79 Å². The monoisotopic (exact) mass is 454 g/mol. The van der Waals surface area contributed by atoms with E-state index in [2.05, 4.69) is 44.6 Å². The fourth-order valence-corrected chi connectivity index (χ4v) is 4.75. The minimum absolute atomic E-state index is 0.208. The van der Waals surface area contributed by atoms with Crippen LogP contribution in [0.3, 0.4) is 0 Å². The highest BCUT2D eigenvalue weighted by molar-refractivity contribution is 7.22. The van der Waals surface area contributed by atoms with Crippen molar-refractivity contribution in [2.75, 3.05) is 17.2 Å². The summed E-state index contributed by atoms with van der Waals surface area (Å²) in [5, 5.41) is 18.3. The molecule has 0 atom stereocenters. The summed E-state index contributed by atoms with van der Waals surface area (Å²) in [5.74, 6) is 1.05. The van der Waals surface area contributed by atoms with Crippen molar-refractivity contribution in [1.29, 1.82) is 0 Å². The second kappa shape index (κ2) is 8.94. The number of thiazole rings is 2. The first-order chi connectivity index (χ1) is 15.0. The van der Waals surface area contributed by atoms with Gasteiger partial charge in [-0.25, -0.2) is 14.8 Å². The van der Waals surface area contributed by atoms with Crippen molar-refractivity contribution in [2.45, 2.75) is 33.6 Å². The molecule has 4 aromatic rings. The zero-order chi connectivity index (χ0) is 22.0. The van der Waals surface area contributed by atoms with E-state index in [1.165, 1.54) is 11.3 Å². The predicted octanol–water partition coefficient (Wildman–Crippen LogP) is 5.64. The Balaban J connectivity index is 1.61. The average Bonchev–Trinajstić information content (AvgIpc) is 3.36. The molecule has 160 valence electrons. The van der Waals surface area contributed by atoms with Gasteiger partial charge in [0.15, 0.2) is 27.6 Å². The molecule has 8 nitrogen and oxygen atoms in total. The number of benzene rings is 1. The van der Waals surface area contributed by atoms with Gasteiger partial charge in [0.1, 0.15) is 0 Å². The molecule has 10 heteroatoms. The van der Waals surface area contributed by atoms with Crippen LogP contribution in [-0.2, 0) is 4.74 Å². The van der Waals surface area contributed by atoms with Gasteiger partial charge in [-0.1, -0.05) is 37.3 Å². The number of para-hydroxylation sites is 1. The molecule has 2 N–H and O–H groups in total. The molecule has 31 heavy (non-hydrogen) atoms. The lowest BCUT2D eigenvalue weighted by molar-refractivity contribution is 0.0520. The van der Waals surface area contributed by atoms with E-state index in [4.69, 9.17) is 4.74 Å². The Morgan fingerprint density at radius 2 is 1.84 bits per heavy atom. The van der Waals surface area contributed by atoms with Crippen molar-refractivity contribution in [3.05, 3.63) is 46.5 Å². The van der Waals surface area contributed by atoms with Crippen LogP contribution in [0.5, 0.6) is 0 Å². The van der Waals surface area contributed by atoms with Gasteiger partial charge in [-0.2, -0.15) is 0 Å². The van der Waals surface area contributed by atoms with Crippen molar-refractivity contribution in [3.8, 4) is 0 Å². The van der Waals surface area contributed by atoms with E-state index in [0.717, 1.165) is 26.5 Å². The van der Waals surface area contributed by atoms with Crippen molar-refractivity contribution in [1.82, 2.24) is 20.2 Å². The van der Waals surface area contributed by atoms with E-state index in [0.29, 0.717) is 23.4 Å². The summed E-state index contributed by atoms with van der Waals surface area (Å²) in [6.45, 7) is 8.29. The third kappa shape index (κ3) is 4.49. The van der Waals surface area contributed by atoms with E-state index in [1.54, 1.807) is 23.6 Å². The smallest absolute Gasteiger partial charge is 0.357 e. The van der Waals surface area contributed by atoms with Crippen LogP contribution in [0.15, 0.2) is 29.6 Å². The van der Waals surface area contributed by atoms with Crippen LogP contribution >= 0.6 is 22.7 Å². The fourth-order valence-electron chi connectivity index (χ4n) is 3.21. The van der Waals surface area contributed by atoms with Gasteiger partial charge in [0.2, 0.25) is 0 Å². The number of nitrogens with zero attached hydrogens (tertiary/aromatic N) is 4. The van der Waals surface area contributed by atoms with Crippen molar-refractivity contribution < 1.29 is 9.53 Å². The molecule has 0 spiro atoms. The summed E-state index contributed by atoms with van der Waals surface area (Å²) in [6, 6.07) is 8.01. The largest absolute Gasteiger partial charge is 0.461 e. The number of esters is 1. The topological polar surface area (TPSA) is 102 Å². The van der Waals surface area contributed by atoms with Gasteiger partial charge in [0.05, 0.1) is 16.8 Å². The molecule has 0 unspecified atom stereocenters. The number of hydrogen-bond donors (Lipinski definition) is 2. The quantitative estimate of drug-likeness (QED) is 0.346. The van der Waals surface area contributed by atoms with E-state index in [-0.39, 0.29) is 11.6 Å². The maximum absolute atomic E-state index is 11.9. The third-order valence-corrected chi connectivity index (χ3v) is 6.28. The molecular formula is C21H22N6O2S2. The van der Waals surface area contributed by atoms with E-state index < -0.39 is 5.97 Å². The van der Waals surface area contributed by atoms with Crippen LogP contribution in [0, 0.1) is 6.92 Å². The molecule has 0 aliphatic carbocycles. The lowest BCUT2D eigenvalue weighted by Gasteiger charge is -2.17. The molecule has 1 aromatic carbocycles. The number of hydrogen-bond acceptors (Lipinski definition) is 10. The van der Waals surface area contributed by atoms with Gasteiger partial charge >= 0.3 is 5.97 Å². The number of nitrogens with one attached hydrogen (secondary N) is 2. The number of carbonyl (C=O) groups is 1. The highest BCUT2D eigenvalue weighted by Crippen LogP contribution is 2.34. The van der Waals surface area contributed by atoms with E-state index in [1.807, 2.05) is 31.2 Å². The molecule has 0 saturated carbocycles. The minimum Gasteiger partial charge on any atom is -0.461 e. The Labute approximate surface area is 187 Å². The van der Waals surface area contributed by atoms with Crippen LogP contribution in [0.2, 0.25) is 0 Å². The molecule has 0 aliphatic rings. The van der Waals surface area contributed by atoms with Gasteiger partial charge in [-0.15, -0.1) is 21.5 Å². The third-order valence-electron chi connectivity index (χ3n) is 4.57. The molecule has 0 saturated heterocycles. The predicted molar refractivity (Wildman–Crippen MR) is 125 cm³/mol. The Morgan fingerprint density at radius 3 is 2.58 bits per heavy atom. The zero-order valence-corrected chi connectivity index (χ0v) is 19.2. The lowest BCUT2D eigenvalue weighted by Crippen LogP contribution is -2.09. The Bertz CT molecular complexity index is 1200. The maximum Gasteiger partial charge on any atom is 0.357 e. The Hall–Kier alpha value is -3.11. The molecule has 0 amide bonds. The molecule has 3 heterocycles. The lowest BCUT2D eigenvalue weighted by atomic mass is 9.99. The maximum atomic E-state index is 11.9. The van der Waals surface area contributed by atoms with Crippen molar-refractivity contribution >= 4 is 60.8 Å². The van der Waals surface area contributed by atoms with Crippen LogP contribution < -0.4 is 10.6 Å². The number of aromatic nitrogens is 4. The first-order valence-corrected chi connectivity index (χ1v) is 11.5. The molecule has 0 bridgehead atoms. The first-order valence-electron chi connectivity index (χ1n) is 9.85. The van der Waals surface area contributed by atoms with Gasteiger partial charge in [0, 0.05) is 16.5 Å². The summed E-state index contributed by atoms with van der Waals surface area (Å²) in [7, 11) is 0. The second-order valence-electron chi connectivity index (χ2n) is 7.09. The van der Waals surface area contributed by atoms with Gasteiger partial charge < -0.3 is 15.4 Å². The minimum atomic E-state index is -0.437. The average molecular weight is 455 g/mol. The highest BCUT2D eigenvalue weighted by Gasteiger charge is 2.19. The van der Waals surface area contributed by atoms with Gasteiger partial charge in [-0.05, 0) is 31.9 Å². The molecule has 0 aliphatic heterocycles. The summed E-state index contributed by atoms with van der Waals surface area (Å²) in [4.78, 5) is 20.8. The fraction of sp³-hybridized carbons (Fsp3) is 0.286. The number of fused-ring (bicyclic) bond motifs is 1. The number of ether oxygens (including phenoxy) is 1. The summed E-state index contributed by atoms with van der Waals surface area (Å²) in [5.41, 5.74) is 3.23. The SMILES string of the molecule is CCOC(=O)c1csc(Nc2nnc(Nc3nc4ccccc4s3)c(C(C)C)c2C)n1. The number of carbonyl (C=O) groups excluding carboxylic acids is 1. The zero-order valence-electron chi connectivity index (χ0n) is 17.6. The van der Waals surface area contributed by atoms with Crippen LogP contribution in [0.4, 0.5) is 21.9 Å². The standard InChI is InChI=1S/C21H22N6O2S2/c1-5-29-19(28)14-10-30-20(23-14)24-17-12(4)16(11(2)3)18(27-26-17)25-21-22-13-8-6-7-9-15(13)31-21/h6-11H,5H2,1-4H3,(H,22,25,27)(H,23,24,26). The molecule has 4 rings (SSSR count). The second-order valence-corrected chi connectivity index (χ2v) is 8.97. The van der Waals surface area contributed by atoms with Crippen LogP contribution in [0.25, 0.3) is 10.2 Å². The molecule has 0 fully saturated rings. The summed E-state index contributed by atoms with van der Waals surface area (Å²) >= 11 is 2.89. The van der Waals surface area contributed by atoms with Crippen molar-refractivity contribution in [2.24, 2.45) is 0 Å². The highest BCUT2D eigenvalue weighted by atomic mass is 32.1. The summed E-state index contributed by atoms with van der Waals surface area (Å²) in [6.07, 6.45) is 0. The van der Waals surface area contributed by atoms with E-state index >= 15 is 0 Å². The molecule has 0 radical (unpaired) electrons. The van der Waals surface area contributed by atoms with Crippen molar-refractivity contribution in [3.63, 3.8) is 0 Å². The normalized spacial score (nSPS) is 11.1. The van der Waals surface area contributed by atoms with Gasteiger partial charge in [-0.3, -0.25) is 0 Å². The molecular weight excluding hydrogens is 432 g/mol. The number of anilines is 4. The number of rotatable bonds is 7. The van der Waals surface area contributed by atoms with Gasteiger partial charge in [0.25, 0.3) is 0 Å². The molecule has 3 aromatic heterocycles. The van der Waals surface area contributed by atoms with Crippen LogP contribution in [-0.4, -0.2) is 32.7 Å².